The number of carbonyl (C=O) groups is 4. The van der Waals surface area contributed by atoms with Crippen molar-refractivity contribution in [3.05, 3.63) is 34.9 Å². The summed E-state index contributed by atoms with van der Waals surface area (Å²) in [4.78, 5) is 49.0. The Labute approximate surface area is 198 Å². The highest BCUT2D eigenvalue weighted by Crippen LogP contribution is 2.64. The van der Waals surface area contributed by atoms with Crippen LogP contribution in [0.2, 0.25) is 0 Å². The molecule has 2 aliphatic heterocycles. The Morgan fingerprint density at radius 1 is 1.15 bits per heavy atom. The van der Waals surface area contributed by atoms with Gasteiger partial charge < -0.3 is 0 Å². The summed E-state index contributed by atoms with van der Waals surface area (Å²) in [7, 11) is -3.72. The van der Waals surface area contributed by atoms with E-state index < -0.39 is 21.5 Å². The number of hydrogen-bond donors (Lipinski definition) is 2. The number of nitrogens with zero attached hydrogens (tertiary/aromatic N) is 2. The Balaban J connectivity index is 1.27. The van der Waals surface area contributed by atoms with Crippen LogP contribution in [0.15, 0.2) is 18.2 Å². The van der Waals surface area contributed by atoms with Crippen molar-refractivity contribution in [1.82, 2.24) is 20.1 Å². The van der Waals surface area contributed by atoms with Crippen LogP contribution in [-0.2, 0) is 32.7 Å². The number of amides is 4. The maximum Gasteiger partial charge on any atom is 0.342 e. The average molecular weight is 489 g/mol. The summed E-state index contributed by atoms with van der Waals surface area (Å²) < 4.78 is 28.6. The van der Waals surface area contributed by atoms with Crippen LogP contribution in [0.4, 0.5) is 4.79 Å². The topological polar surface area (TPSA) is 133 Å². The molecule has 0 spiro atoms. The smallest absolute Gasteiger partial charge is 0.299 e. The fraction of sp³-hybridized carbons (Fsp3) is 0.565. The van der Waals surface area contributed by atoms with E-state index in [0.717, 1.165) is 6.42 Å². The molecule has 0 radical (unpaired) electrons. The van der Waals surface area contributed by atoms with E-state index >= 15 is 0 Å². The van der Waals surface area contributed by atoms with E-state index in [1.807, 2.05) is 13.8 Å². The fourth-order valence-electron chi connectivity index (χ4n) is 6.13. The third-order valence-corrected chi connectivity index (χ3v) is 9.81. The van der Waals surface area contributed by atoms with Crippen LogP contribution in [-0.4, -0.2) is 54.4 Å². The third-order valence-electron chi connectivity index (χ3n) is 8.35. The molecule has 10 nitrogen and oxygen atoms in total. The van der Waals surface area contributed by atoms with Crippen molar-refractivity contribution in [2.24, 2.45) is 16.7 Å². The molecule has 182 valence electrons. The molecule has 2 saturated carbocycles. The zero-order valence-electron chi connectivity index (χ0n) is 19.2. The van der Waals surface area contributed by atoms with Crippen LogP contribution >= 0.6 is 0 Å². The first kappa shape index (κ1) is 23.0. The maximum atomic E-state index is 13.0. The van der Waals surface area contributed by atoms with Gasteiger partial charge in [0.1, 0.15) is 5.78 Å². The summed E-state index contributed by atoms with van der Waals surface area (Å²) >= 11 is 0. The summed E-state index contributed by atoms with van der Waals surface area (Å²) in [5.41, 5.74) is 0.627. The van der Waals surface area contributed by atoms with Crippen molar-refractivity contribution >= 4 is 33.7 Å². The number of imide groups is 1. The molecule has 2 atom stereocenters. The number of hydrazine groups is 1. The summed E-state index contributed by atoms with van der Waals surface area (Å²) in [5.74, 6) is -0.632. The summed E-state index contributed by atoms with van der Waals surface area (Å²) in [6.45, 7) is 4.33. The molecule has 4 amide bonds. The van der Waals surface area contributed by atoms with Gasteiger partial charge in [-0.2, -0.15) is 0 Å². The lowest BCUT2D eigenvalue weighted by Crippen LogP contribution is -2.56. The standard InChI is InChI=1S/C23H28N4O6S/c1-22(2)16-5-7-23(22,18(28)10-16)13-34(32,33)24-11-14-3-4-17-15(9-14)12-27(20(17)30)26-8-6-19(29)25-21(26)31/h3-4,9,16,24H,5-8,10-13H2,1-2H3,(H,25,29,31)/t16-,23+/m1/s1. The first-order chi connectivity index (χ1) is 15.9. The van der Waals surface area contributed by atoms with Crippen LogP contribution in [0.25, 0.3) is 0 Å². The van der Waals surface area contributed by atoms with Crippen molar-refractivity contribution in [1.29, 1.82) is 0 Å². The molecule has 2 N–H and O–H groups in total. The number of Topliss-reactive ketones (excluding diaryl/α,β-unsaturated/α-hetero) is 1. The van der Waals surface area contributed by atoms with Gasteiger partial charge in [-0.15, -0.1) is 0 Å². The van der Waals surface area contributed by atoms with Gasteiger partial charge in [0, 0.05) is 30.4 Å². The van der Waals surface area contributed by atoms with Gasteiger partial charge in [-0.1, -0.05) is 26.0 Å². The van der Waals surface area contributed by atoms with Crippen LogP contribution in [0.5, 0.6) is 0 Å². The van der Waals surface area contributed by atoms with Gasteiger partial charge in [0.15, 0.2) is 0 Å². The van der Waals surface area contributed by atoms with Crippen molar-refractivity contribution in [2.75, 3.05) is 12.3 Å². The molecule has 2 bridgehead atoms. The van der Waals surface area contributed by atoms with Gasteiger partial charge in [0.05, 0.1) is 18.8 Å². The molecule has 5 rings (SSSR count). The van der Waals surface area contributed by atoms with Crippen LogP contribution < -0.4 is 10.0 Å². The second kappa shape index (κ2) is 7.61. The fourth-order valence-corrected chi connectivity index (χ4v) is 7.94. The molecule has 0 aromatic heterocycles. The number of urea groups is 1. The average Bonchev–Trinajstić information content (AvgIpc) is 3.27. The summed E-state index contributed by atoms with van der Waals surface area (Å²) in [5, 5.41) is 4.72. The van der Waals surface area contributed by atoms with E-state index in [4.69, 9.17) is 0 Å². The molecule has 0 unspecified atom stereocenters. The SMILES string of the molecule is CC1(C)[C@@H]2CC[C@]1(CS(=O)(=O)NCc1ccc3c(c1)CN(N1CCC(=O)NC1=O)C3=O)C(=O)C2. The Kier molecular flexibility index (Phi) is 5.14. The minimum atomic E-state index is -3.72. The molecular weight excluding hydrogens is 460 g/mol. The second-order valence-electron chi connectivity index (χ2n) is 10.3. The number of benzene rings is 1. The Hall–Kier alpha value is -2.79. The van der Waals surface area contributed by atoms with Gasteiger partial charge in [-0.25, -0.2) is 28.0 Å². The van der Waals surface area contributed by atoms with Gasteiger partial charge >= 0.3 is 6.03 Å². The highest BCUT2D eigenvalue weighted by atomic mass is 32.2. The molecular formula is C23H28N4O6S. The summed E-state index contributed by atoms with van der Waals surface area (Å²) in [6.07, 6.45) is 2.06. The predicted octanol–water partition coefficient (Wildman–Crippen LogP) is 1.31. The zero-order chi connectivity index (χ0) is 24.5. The molecule has 1 aromatic carbocycles. The predicted molar refractivity (Wildman–Crippen MR) is 120 cm³/mol. The van der Waals surface area contributed by atoms with E-state index in [-0.39, 0.29) is 60.7 Å². The minimum absolute atomic E-state index is 0.0383. The number of fused-ring (bicyclic) bond motifs is 3. The van der Waals surface area contributed by atoms with E-state index in [2.05, 4.69) is 10.0 Å². The molecule has 1 saturated heterocycles. The molecule has 34 heavy (non-hydrogen) atoms. The van der Waals surface area contributed by atoms with Gasteiger partial charge in [0.25, 0.3) is 5.91 Å². The number of carbonyl (C=O) groups excluding carboxylic acids is 4. The van der Waals surface area contributed by atoms with Crippen LogP contribution in [0.1, 0.15) is 61.0 Å². The lowest BCUT2D eigenvalue weighted by atomic mass is 9.70. The van der Waals surface area contributed by atoms with Crippen molar-refractivity contribution in [3.8, 4) is 0 Å². The molecule has 2 aliphatic carbocycles. The molecule has 11 heteroatoms. The number of rotatable bonds is 6. The Morgan fingerprint density at radius 2 is 1.91 bits per heavy atom. The number of hydrogen-bond acceptors (Lipinski definition) is 6. The van der Waals surface area contributed by atoms with E-state index in [0.29, 0.717) is 29.5 Å². The Bertz CT molecular complexity index is 1230. The van der Waals surface area contributed by atoms with Crippen molar-refractivity contribution in [3.63, 3.8) is 0 Å². The summed E-state index contributed by atoms with van der Waals surface area (Å²) in [6, 6.07) is 4.41. The van der Waals surface area contributed by atoms with E-state index in [1.165, 1.54) is 10.0 Å². The quantitative estimate of drug-likeness (QED) is 0.620. The van der Waals surface area contributed by atoms with Crippen molar-refractivity contribution in [2.45, 2.75) is 52.6 Å². The Morgan fingerprint density at radius 3 is 2.56 bits per heavy atom. The molecule has 1 aromatic rings. The lowest BCUT2D eigenvalue weighted by molar-refractivity contribution is -0.128. The van der Waals surface area contributed by atoms with E-state index in [9.17, 15) is 27.6 Å². The third kappa shape index (κ3) is 3.44. The molecule has 4 aliphatic rings. The van der Waals surface area contributed by atoms with Crippen LogP contribution in [0, 0.1) is 16.7 Å². The molecule has 2 heterocycles. The molecule has 3 fully saturated rings. The number of ketones is 1. The normalized spacial score (nSPS) is 28.0. The monoisotopic (exact) mass is 488 g/mol. The highest BCUT2D eigenvalue weighted by Gasteiger charge is 2.65. The largest absolute Gasteiger partial charge is 0.342 e. The van der Waals surface area contributed by atoms with Crippen molar-refractivity contribution < 1.29 is 27.6 Å². The minimum Gasteiger partial charge on any atom is -0.299 e. The van der Waals surface area contributed by atoms with Gasteiger partial charge in [0.2, 0.25) is 15.9 Å². The first-order valence-electron chi connectivity index (χ1n) is 11.5. The maximum absolute atomic E-state index is 13.0. The van der Waals surface area contributed by atoms with Gasteiger partial charge in [-0.3, -0.25) is 19.7 Å². The number of nitrogens with one attached hydrogen (secondary N) is 2. The first-order valence-corrected chi connectivity index (χ1v) is 13.1. The van der Waals surface area contributed by atoms with Crippen LogP contribution in [0.3, 0.4) is 0 Å². The van der Waals surface area contributed by atoms with Gasteiger partial charge in [-0.05, 0) is 41.4 Å². The highest BCUT2D eigenvalue weighted by molar-refractivity contribution is 7.89. The van der Waals surface area contributed by atoms with E-state index in [1.54, 1.807) is 18.2 Å². The number of sulfonamides is 1. The second-order valence-corrected chi connectivity index (χ2v) is 12.1. The lowest BCUT2D eigenvalue weighted by Gasteiger charge is -2.36. The zero-order valence-corrected chi connectivity index (χ0v) is 20.0.